The molecule has 2 aliphatic rings. The summed E-state index contributed by atoms with van der Waals surface area (Å²) in [7, 11) is 1.92. The number of nitrogens with zero attached hydrogens (tertiary/aromatic N) is 3. The first-order chi connectivity index (χ1) is 11.5. The van der Waals surface area contributed by atoms with Crippen molar-refractivity contribution < 1.29 is 14.3 Å². The van der Waals surface area contributed by atoms with Crippen molar-refractivity contribution in [2.24, 2.45) is 7.05 Å². The fourth-order valence-electron chi connectivity index (χ4n) is 3.86. The summed E-state index contributed by atoms with van der Waals surface area (Å²) < 4.78 is 15.8. The van der Waals surface area contributed by atoms with Crippen molar-refractivity contribution in [2.45, 2.75) is 62.9 Å². The normalized spacial score (nSPS) is 26.8. The fraction of sp³-hybridized carbons (Fsp3) is 0.765. The number of halogens is 1. The molecular formula is C17H27FN4O2. The number of aliphatic hydroxyl groups is 1. The molecule has 1 aliphatic carbocycles. The number of likely N-dealkylation sites (tertiary alicyclic amines) is 1. The zero-order chi connectivity index (χ0) is 17.2. The van der Waals surface area contributed by atoms with Crippen LogP contribution in [-0.4, -0.2) is 56.4 Å². The molecule has 6 nitrogen and oxygen atoms in total. The quantitative estimate of drug-likeness (QED) is 0.816. The molecule has 0 spiro atoms. The molecule has 1 amide bonds. The molecular weight excluding hydrogens is 311 g/mol. The third kappa shape index (κ3) is 4.13. The van der Waals surface area contributed by atoms with Gasteiger partial charge in [-0.2, -0.15) is 0 Å². The molecule has 0 unspecified atom stereocenters. The Morgan fingerprint density at radius 3 is 2.92 bits per heavy atom. The molecule has 24 heavy (non-hydrogen) atoms. The molecule has 134 valence electrons. The van der Waals surface area contributed by atoms with Gasteiger partial charge in [-0.25, -0.2) is 9.37 Å². The van der Waals surface area contributed by atoms with Gasteiger partial charge in [0.2, 0.25) is 5.91 Å². The van der Waals surface area contributed by atoms with Crippen LogP contribution in [0.3, 0.4) is 0 Å². The zero-order valence-corrected chi connectivity index (χ0v) is 14.2. The second-order valence-electron chi connectivity index (χ2n) is 7.28. The molecule has 1 saturated heterocycles. The fourth-order valence-corrected chi connectivity index (χ4v) is 3.86. The zero-order valence-electron chi connectivity index (χ0n) is 14.2. The molecule has 1 saturated carbocycles. The maximum absolute atomic E-state index is 13.8. The van der Waals surface area contributed by atoms with Gasteiger partial charge in [0.05, 0.1) is 18.6 Å². The first kappa shape index (κ1) is 17.4. The second-order valence-corrected chi connectivity index (χ2v) is 7.28. The first-order valence-electron chi connectivity index (χ1n) is 8.79. The van der Waals surface area contributed by atoms with E-state index in [9.17, 15) is 14.3 Å². The Morgan fingerprint density at radius 1 is 1.50 bits per heavy atom. The highest BCUT2D eigenvalue weighted by Crippen LogP contribution is 2.32. The highest BCUT2D eigenvalue weighted by Gasteiger charge is 2.35. The summed E-state index contributed by atoms with van der Waals surface area (Å²) in [5.41, 5.74) is -0.838. The van der Waals surface area contributed by atoms with Crippen LogP contribution in [0, 0.1) is 0 Å². The number of nitrogens with one attached hydrogen (secondary N) is 1. The van der Waals surface area contributed by atoms with Gasteiger partial charge < -0.3 is 15.0 Å². The lowest BCUT2D eigenvalue weighted by Gasteiger charge is -2.25. The van der Waals surface area contributed by atoms with Crippen molar-refractivity contribution in [2.75, 3.05) is 13.1 Å². The number of hydrogen-bond donors (Lipinski definition) is 2. The van der Waals surface area contributed by atoms with Crippen LogP contribution in [0.5, 0.6) is 0 Å². The van der Waals surface area contributed by atoms with Crippen LogP contribution in [-0.2, 0) is 18.4 Å². The molecule has 1 aromatic heterocycles. The van der Waals surface area contributed by atoms with Crippen molar-refractivity contribution in [1.29, 1.82) is 0 Å². The van der Waals surface area contributed by atoms with E-state index < -0.39 is 11.8 Å². The molecule has 0 aromatic carbocycles. The topological polar surface area (TPSA) is 70.4 Å². The number of carbonyl (C=O) groups is 1. The SMILES string of the molecule is Cn1ccnc1CN1C[C@@H](F)C[C@H]1CNC(=O)CC1(O)CCCC1. The van der Waals surface area contributed by atoms with E-state index in [-0.39, 0.29) is 18.4 Å². The van der Waals surface area contributed by atoms with Crippen molar-refractivity contribution in [3.8, 4) is 0 Å². The van der Waals surface area contributed by atoms with Gasteiger partial charge in [0.1, 0.15) is 12.0 Å². The minimum Gasteiger partial charge on any atom is -0.389 e. The highest BCUT2D eigenvalue weighted by molar-refractivity contribution is 5.77. The number of imidazole rings is 1. The summed E-state index contributed by atoms with van der Waals surface area (Å²) in [6.07, 6.45) is 6.66. The van der Waals surface area contributed by atoms with Crippen LogP contribution in [0.4, 0.5) is 4.39 Å². The Hall–Kier alpha value is -1.47. The highest BCUT2D eigenvalue weighted by atomic mass is 19.1. The van der Waals surface area contributed by atoms with Crippen molar-refractivity contribution in [3.05, 3.63) is 18.2 Å². The Balaban J connectivity index is 1.51. The molecule has 1 aromatic rings. The Labute approximate surface area is 142 Å². The molecule has 1 aliphatic heterocycles. The summed E-state index contributed by atoms with van der Waals surface area (Å²) in [6.45, 7) is 1.37. The molecule has 2 fully saturated rings. The third-order valence-corrected chi connectivity index (χ3v) is 5.30. The predicted octanol–water partition coefficient (Wildman–Crippen LogP) is 1.14. The molecule has 3 rings (SSSR count). The van der Waals surface area contributed by atoms with Crippen molar-refractivity contribution >= 4 is 5.91 Å². The Bertz CT molecular complexity index is 571. The van der Waals surface area contributed by atoms with Gasteiger partial charge in [0, 0.05) is 38.6 Å². The second kappa shape index (κ2) is 7.19. The minimum absolute atomic E-state index is 0.0288. The standard InChI is InChI=1S/C17H27FN4O2/c1-21-7-6-19-15(21)12-22-11-13(18)8-14(22)10-20-16(23)9-17(24)4-2-3-5-17/h6-7,13-14,24H,2-5,8-12H2,1H3,(H,20,23)/t13-,14-/m0/s1. The van der Waals surface area contributed by atoms with E-state index in [1.54, 1.807) is 6.20 Å². The summed E-state index contributed by atoms with van der Waals surface area (Å²) >= 11 is 0. The predicted molar refractivity (Wildman–Crippen MR) is 88.0 cm³/mol. The number of aryl methyl sites for hydroxylation is 1. The molecule has 0 radical (unpaired) electrons. The van der Waals surface area contributed by atoms with Gasteiger partial charge >= 0.3 is 0 Å². The van der Waals surface area contributed by atoms with E-state index in [1.807, 2.05) is 22.7 Å². The van der Waals surface area contributed by atoms with E-state index in [4.69, 9.17) is 0 Å². The van der Waals surface area contributed by atoms with Crippen molar-refractivity contribution in [3.63, 3.8) is 0 Å². The van der Waals surface area contributed by atoms with Gasteiger partial charge in [-0.3, -0.25) is 9.69 Å². The van der Waals surface area contributed by atoms with Crippen LogP contribution in [0.2, 0.25) is 0 Å². The number of hydrogen-bond acceptors (Lipinski definition) is 4. The Morgan fingerprint density at radius 2 is 2.25 bits per heavy atom. The monoisotopic (exact) mass is 338 g/mol. The molecule has 2 heterocycles. The van der Waals surface area contributed by atoms with Crippen LogP contribution in [0.25, 0.3) is 0 Å². The largest absolute Gasteiger partial charge is 0.389 e. The summed E-state index contributed by atoms with van der Waals surface area (Å²) in [4.78, 5) is 18.4. The maximum Gasteiger partial charge on any atom is 0.222 e. The number of rotatable bonds is 6. The summed E-state index contributed by atoms with van der Waals surface area (Å²) in [6, 6.07) is -0.0288. The van der Waals surface area contributed by atoms with Gasteiger partial charge in [-0.15, -0.1) is 0 Å². The minimum atomic E-state index is -0.869. The lowest BCUT2D eigenvalue weighted by Crippen LogP contribution is -2.42. The van der Waals surface area contributed by atoms with E-state index in [2.05, 4.69) is 10.3 Å². The summed E-state index contributed by atoms with van der Waals surface area (Å²) in [5, 5.41) is 13.2. The van der Waals surface area contributed by atoms with E-state index in [1.165, 1.54) is 0 Å². The Kier molecular flexibility index (Phi) is 5.20. The van der Waals surface area contributed by atoms with E-state index >= 15 is 0 Å². The van der Waals surface area contributed by atoms with Gasteiger partial charge in [-0.1, -0.05) is 12.8 Å². The van der Waals surface area contributed by atoms with Crippen LogP contribution in [0.1, 0.15) is 44.3 Å². The number of carbonyl (C=O) groups excluding carboxylic acids is 1. The van der Waals surface area contributed by atoms with E-state index in [0.717, 1.165) is 18.7 Å². The van der Waals surface area contributed by atoms with Crippen LogP contribution in [0.15, 0.2) is 12.4 Å². The molecule has 7 heteroatoms. The van der Waals surface area contributed by atoms with E-state index in [0.29, 0.717) is 38.9 Å². The van der Waals surface area contributed by atoms with Gasteiger partial charge in [0.25, 0.3) is 0 Å². The smallest absolute Gasteiger partial charge is 0.222 e. The third-order valence-electron chi connectivity index (χ3n) is 5.30. The van der Waals surface area contributed by atoms with Gasteiger partial charge in [-0.05, 0) is 19.3 Å². The molecule has 2 N–H and O–H groups in total. The van der Waals surface area contributed by atoms with Crippen molar-refractivity contribution in [1.82, 2.24) is 19.8 Å². The number of alkyl halides is 1. The molecule has 2 atom stereocenters. The average Bonchev–Trinajstić information content (AvgIpc) is 3.20. The van der Waals surface area contributed by atoms with Gasteiger partial charge in [0.15, 0.2) is 0 Å². The number of aromatic nitrogens is 2. The molecule has 0 bridgehead atoms. The first-order valence-corrected chi connectivity index (χ1v) is 8.79. The lowest BCUT2D eigenvalue weighted by atomic mass is 9.97. The lowest BCUT2D eigenvalue weighted by molar-refractivity contribution is -0.126. The average molecular weight is 338 g/mol. The summed E-state index contributed by atoms with van der Waals surface area (Å²) in [5.74, 6) is 0.749. The van der Waals surface area contributed by atoms with Crippen LogP contribution >= 0.6 is 0 Å². The maximum atomic E-state index is 13.8. The number of amides is 1. The van der Waals surface area contributed by atoms with Crippen LogP contribution < -0.4 is 5.32 Å².